The summed E-state index contributed by atoms with van der Waals surface area (Å²) in [4.78, 5) is 9.76. The zero-order chi connectivity index (χ0) is 12.6. The molecule has 0 bridgehead atoms. The Morgan fingerprint density at radius 1 is 1.11 bits per heavy atom. The first-order valence-electron chi connectivity index (χ1n) is 4.52. The van der Waals surface area contributed by atoms with Crippen LogP contribution >= 0.6 is 0 Å². The number of hydrogen-bond acceptors (Lipinski definition) is 5. The number of nitro benzene ring substituents is 1. The van der Waals surface area contributed by atoms with E-state index in [0.717, 1.165) is 12.1 Å². The van der Waals surface area contributed by atoms with Crippen LogP contribution in [0.5, 0.6) is 0 Å². The van der Waals surface area contributed by atoms with Gasteiger partial charge in [-0.05, 0) is 23.6 Å². The molecule has 88 valence electrons. The van der Waals surface area contributed by atoms with Crippen molar-refractivity contribution in [2.24, 2.45) is 0 Å². The molecule has 6 nitrogen and oxygen atoms in total. The van der Waals surface area contributed by atoms with Gasteiger partial charge in [-0.15, -0.1) is 0 Å². The molecule has 0 spiro atoms. The summed E-state index contributed by atoms with van der Waals surface area (Å²) in [5.74, 6) is 0. The molecule has 0 aliphatic heterocycles. The number of fused-ring (bicyclic) bond motifs is 1. The molecule has 0 aliphatic rings. The fourth-order valence-electron chi connectivity index (χ4n) is 1.56. The maximum atomic E-state index is 10.8. The van der Waals surface area contributed by atoms with E-state index in [1.54, 1.807) is 0 Å². The monoisotopic (exact) mass is 291 g/mol. The Balaban J connectivity index is 0.00000162. The van der Waals surface area contributed by atoms with Gasteiger partial charge in [-0.1, -0.05) is 12.1 Å². The molecule has 0 unspecified atom stereocenters. The first-order chi connectivity index (χ1) is 7.89. The van der Waals surface area contributed by atoms with Crippen LogP contribution in [-0.2, 0) is 10.1 Å². The Morgan fingerprint density at radius 2 is 1.78 bits per heavy atom. The van der Waals surface area contributed by atoms with Crippen LogP contribution in [0.4, 0.5) is 5.69 Å². The van der Waals surface area contributed by atoms with Crippen LogP contribution in [0.3, 0.4) is 0 Å². The molecule has 0 atom stereocenters. The van der Waals surface area contributed by atoms with E-state index in [9.17, 15) is 23.1 Å². The van der Waals surface area contributed by atoms with Gasteiger partial charge in [0.05, 0.1) is 15.2 Å². The van der Waals surface area contributed by atoms with Crippen LogP contribution in [0.15, 0.2) is 41.3 Å². The van der Waals surface area contributed by atoms with Crippen molar-refractivity contribution in [1.82, 2.24) is 0 Å². The second kappa shape index (κ2) is 5.74. The third kappa shape index (κ3) is 3.15. The normalized spacial score (nSPS) is 10.9. The second-order valence-corrected chi connectivity index (χ2v) is 4.75. The van der Waals surface area contributed by atoms with E-state index < -0.39 is 19.9 Å². The van der Waals surface area contributed by atoms with Crippen LogP contribution in [0.2, 0.25) is 0 Å². The Bertz CT molecular complexity index is 713. The molecule has 0 N–H and O–H groups in total. The fraction of sp³-hybridized carbons (Fsp3) is 0. The Hall–Kier alpha value is -0.354. The molecule has 0 heterocycles. The molecule has 8 heteroatoms. The summed E-state index contributed by atoms with van der Waals surface area (Å²) in [5, 5.41) is 11.4. The van der Waals surface area contributed by atoms with Gasteiger partial charge < -0.3 is 4.55 Å². The predicted octanol–water partition coefficient (Wildman–Crippen LogP) is -1.34. The Labute approximate surface area is 145 Å². The number of hydrogen-bond donors (Lipinski definition) is 0. The third-order valence-corrected chi connectivity index (χ3v) is 3.15. The van der Waals surface area contributed by atoms with Crippen molar-refractivity contribution in [2.45, 2.75) is 4.90 Å². The largest absolute Gasteiger partial charge is 1.00 e. The van der Waals surface area contributed by atoms with Crippen LogP contribution < -0.4 is 51.4 Å². The molecule has 0 radical (unpaired) electrons. The first-order valence-corrected chi connectivity index (χ1v) is 5.93. The molecular formula is C10H6KNO5S. The molecular weight excluding hydrogens is 285 g/mol. The van der Waals surface area contributed by atoms with Crippen molar-refractivity contribution < 1.29 is 69.3 Å². The number of nitro groups is 1. The molecule has 0 saturated carbocycles. The second-order valence-electron chi connectivity index (χ2n) is 3.37. The summed E-state index contributed by atoms with van der Waals surface area (Å²) in [7, 11) is -4.55. The Morgan fingerprint density at radius 3 is 2.33 bits per heavy atom. The standard InChI is InChI=1S/C10H7NO5S.K/c12-11(13)10-3-1-2-7-6-8(17(14,15)16)4-5-9(7)10;/h1-6H,(H,14,15,16);/q;+1/p-1. The van der Waals surface area contributed by atoms with Gasteiger partial charge in [0.15, 0.2) is 0 Å². The van der Waals surface area contributed by atoms with E-state index in [1.165, 1.54) is 24.3 Å². The quantitative estimate of drug-likeness (QED) is 0.295. The molecule has 0 fully saturated rings. The smallest absolute Gasteiger partial charge is 0.744 e. The average molecular weight is 291 g/mol. The molecule has 2 aromatic rings. The molecule has 2 aromatic carbocycles. The number of rotatable bonds is 2. The minimum atomic E-state index is -4.55. The summed E-state index contributed by atoms with van der Waals surface area (Å²) in [5.41, 5.74) is -0.127. The van der Waals surface area contributed by atoms with Crippen LogP contribution in [0.1, 0.15) is 0 Å². The average Bonchev–Trinajstić information content (AvgIpc) is 2.26. The van der Waals surface area contributed by atoms with Crippen LogP contribution in [0.25, 0.3) is 10.8 Å². The number of benzene rings is 2. The maximum Gasteiger partial charge on any atom is 1.00 e. The number of non-ortho nitro benzene ring substituents is 1. The minimum Gasteiger partial charge on any atom is -0.744 e. The summed E-state index contributed by atoms with van der Waals surface area (Å²) in [6, 6.07) is 7.72. The van der Waals surface area contributed by atoms with Gasteiger partial charge in [-0.2, -0.15) is 0 Å². The first kappa shape index (κ1) is 15.7. The van der Waals surface area contributed by atoms with Gasteiger partial charge in [0, 0.05) is 6.07 Å². The molecule has 0 aromatic heterocycles. The zero-order valence-corrected chi connectivity index (χ0v) is 13.3. The summed E-state index contributed by atoms with van der Waals surface area (Å²) < 4.78 is 32.4. The maximum absolute atomic E-state index is 10.8. The van der Waals surface area contributed by atoms with E-state index in [1.807, 2.05) is 0 Å². The molecule has 2 rings (SSSR count). The van der Waals surface area contributed by atoms with Gasteiger partial charge in [0.25, 0.3) is 5.69 Å². The molecule has 18 heavy (non-hydrogen) atoms. The minimum absolute atomic E-state index is 0. The summed E-state index contributed by atoms with van der Waals surface area (Å²) in [6.45, 7) is 0. The molecule has 0 saturated heterocycles. The SMILES string of the molecule is O=[N+]([O-])c1cccc2cc(S(=O)(=O)[O-])ccc12.[K+]. The van der Waals surface area contributed by atoms with E-state index >= 15 is 0 Å². The van der Waals surface area contributed by atoms with Gasteiger partial charge in [0.2, 0.25) is 0 Å². The van der Waals surface area contributed by atoms with E-state index in [2.05, 4.69) is 0 Å². The zero-order valence-electron chi connectivity index (χ0n) is 9.36. The summed E-state index contributed by atoms with van der Waals surface area (Å²) >= 11 is 0. The van der Waals surface area contributed by atoms with Gasteiger partial charge in [-0.25, -0.2) is 8.42 Å². The van der Waals surface area contributed by atoms with Gasteiger partial charge in [0.1, 0.15) is 10.1 Å². The van der Waals surface area contributed by atoms with Crippen molar-refractivity contribution in [2.75, 3.05) is 0 Å². The topological polar surface area (TPSA) is 100 Å². The fourth-order valence-corrected chi connectivity index (χ4v) is 2.07. The van der Waals surface area contributed by atoms with Gasteiger partial charge in [-0.3, -0.25) is 10.1 Å². The summed E-state index contributed by atoms with van der Waals surface area (Å²) in [6.07, 6.45) is 0. The molecule has 0 aliphatic carbocycles. The van der Waals surface area contributed by atoms with E-state index in [-0.39, 0.29) is 57.1 Å². The van der Waals surface area contributed by atoms with Crippen LogP contribution in [-0.4, -0.2) is 17.9 Å². The van der Waals surface area contributed by atoms with E-state index in [4.69, 9.17) is 0 Å². The van der Waals surface area contributed by atoms with Crippen molar-refractivity contribution in [3.63, 3.8) is 0 Å². The van der Waals surface area contributed by atoms with E-state index in [0.29, 0.717) is 10.8 Å². The van der Waals surface area contributed by atoms with Gasteiger partial charge >= 0.3 is 51.4 Å². The van der Waals surface area contributed by atoms with Crippen molar-refractivity contribution >= 4 is 26.6 Å². The Kier molecular flexibility index (Phi) is 5.01. The molecule has 0 amide bonds. The van der Waals surface area contributed by atoms with Crippen molar-refractivity contribution in [3.05, 3.63) is 46.5 Å². The third-order valence-electron chi connectivity index (χ3n) is 2.31. The van der Waals surface area contributed by atoms with Crippen molar-refractivity contribution in [1.29, 1.82) is 0 Å². The number of nitrogens with zero attached hydrogens (tertiary/aromatic N) is 1. The predicted molar refractivity (Wildman–Crippen MR) is 58.6 cm³/mol. The van der Waals surface area contributed by atoms with Crippen LogP contribution in [0, 0.1) is 10.1 Å². The van der Waals surface area contributed by atoms with Crippen molar-refractivity contribution in [3.8, 4) is 0 Å².